The Labute approximate surface area is 171 Å². The number of nitrogens with one attached hydrogen (secondary N) is 1. The van der Waals surface area contributed by atoms with E-state index in [1.807, 2.05) is 11.4 Å². The lowest BCUT2D eigenvalue weighted by Gasteiger charge is -2.30. The van der Waals surface area contributed by atoms with Crippen molar-refractivity contribution in [2.45, 2.75) is 19.3 Å². The molecule has 4 rings (SSSR count). The summed E-state index contributed by atoms with van der Waals surface area (Å²) in [6.07, 6.45) is 1.30. The molecule has 2 amide bonds. The molecular formula is C21H20N2O5S. The maximum Gasteiger partial charge on any atom is 0.309 e. The van der Waals surface area contributed by atoms with Gasteiger partial charge in [-0.25, -0.2) is 0 Å². The van der Waals surface area contributed by atoms with Crippen LogP contribution in [0.15, 0.2) is 35.7 Å². The lowest BCUT2D eigenvalue weighted by molar-refractivity contribution is -0.148. The minimum Gasteiger partial charge on any atom is -0.457 e. The summed E-state index contributed by atoms with van der Waals surface area (Å²) in [5.74, 6) is -1.12. The highest BCUT2D eigenvalue weighted by atomic mass is 32.1. The minimum absolute atomic E-state index is 0.00780. The Hall–Kier alpha value is -3.00. The molecule has 1 N–H and O–H groups in total. The zero-order valence-corrected chi connectivity index (χ0v) is 16.5. The number of rotatable bonds is 5. The Morgan fingerprint density at radius 2 is 1.97 bits per heavy atom. The molecule has 0 spiro atoms. The van der Waals surface area contributed by atoms with Gasteiger partial charge in [0.25, 0.3) is 5.91 Å². The summed E-state index contributed by atoms with van der Waals surface area (Å²) in [5.41, 5.74) is 1.91. The molecule has 3 heterocycles. The number of esters is 1. The van der Waals surface area contributed by atoms with E-state index < -0.39 is 5.97 Å². The molecule has 0 aliphatic carbocycles. The molecular weight excluding hydrogens is 392 g/mol. The number of nitrogens with zero attached hydrogens (tertiary/aromatic N) is 1. The van der Waals surface area contributed by atoms with Gasteiger partial charge >= 0.3 is 5.97 Å². The number of carbonyl (C=O) groups is 4. The highest BCUT2D eigenvalue weighted by molar-refractivity contribution is 7.12. The number of ketones is 1. The summed E-state index contributed by atoms with van der Waals surface area (Å²) >= 11 is 1.41. The van der Waals surface area contributed by atoms with Crippen LogP contribution < -0.4 is 5.32 Å². The van der Waals surface area contributed by atoms with Crippen molar-refractivity contribution in [3.8, 4) is 0 Å². The van der Waals surface area contributed by atoms with Gasteiger partial charge in [0.05, 0.1) is 17.2 Å². The van der Waals surface area contributed by atoms with Crippen molar-refractivity contribution in [2.75, 3.05) is 25.0 Å². The third kappa shape index (κ3) is 4.22. The van der Waals surface area contributed by atoms with Gasteiger partial charge < -0.3 is 15.0 Å². The van der Waals surface area contributed by atoms with E-state index in [9.17, 15) is 19.2 Å². The second kappa shape index (κ2) is 8.16. The standard InChI is InChI=1S/C21H20N2O5S/c24-17(14-3-4-16-15(10-14)11-19(25)22-16)12-28-21(27)13-5-7-23(8-6-13)20(26)18-2-1-9-29-18/h1-4,9-10,13H,5-8,11-12H2,(H,22,25). The number of likely N-dealkylation sites (tertiary alicyclic amines) is 1. The average Bonchev–Trinajstić information content (AvgIpc) is 3.39. The van der Waals surface area contributed by atoms with E-state index in [0.29, 0.717) is 42.1 Å². The van der Waals surface area contributed by atoms with E-state index in [4.69, 9.17) is 4.74 Å². The number of amides is 2. The van der Waals surface area contributed by atoms with E-state index in [1.165, 1.54) is 11.3 Å². The number of benzene rings is 1. The number of ether oxygens (including phenoxy) is 1. The highest BCUT2D eigenvalue weighted by Gasteiger charge is 2.29. The first-order chi connectivity index (χ1) is 14.0. The molecule has 2 aliphatic rings. The Balaban J connectivity index is 1.26. The predicted octanol–water partition coefficient (Wildman–Crippen LogP) is 2.52. The zero-order valence-electron chi connectivity index (χ0n) is 15.7. The Morgan fingerprint density at radius 3 is 2.69 bits per heavy atom. The lowest BCUT2D eigenvalue weighted by Crippen LogP contribution is -2.40. The van der Waals surface area contributed by atoms with Crippen molar-refractivity contribution in [3.63, 3.8) is 0 Å². The fourth-order valence-electron chi connectivity index (χ4n) is 3.61. The van der Waals surface area contributed by atoms with Gasteiger partial charge in [0, 0.05) is 24.3 Å². The second-order valence-electron chi connectivity index (χ2n) is 7.17. The second-order valence-corrected chi connectivity index (χ2v) is 8.12. The van der Waals surface area contributed by atoms with Crippen LogP contribution in [0.3, 0.4) is 0 Å². The molecule has 0 unspecified atom stereocenters. The third-order valence-corrected chi connectivity index (χ3v) is 6.10. The molecule has 8 heteroatoms. The molecule has 0 radical (unpaired) electrons. The number of hydrogen-bond acceptors (Lipinski definition) is 6. The van der Waals surface area contributed by atoms with Crippen molar-refractivity contribution in [1.82, 2.24) is 4.90 Å². The molecule has 0 saturated carbocycles. The first kappa shape index (κ1) is 19.3. The Bertz CT molecular complexity index is 961. The molecule has 7 nitrogen and oxygen atoms in total. The minimum atomic E-state index is -0.403. The molecule has 29 heavy (non-hydrogen) atoms. The van der Waals surface area contributed by atoms with Crippen molar-refractivity contribution >= 4 is 40.6 Å². The van der Waals surface area contributed by atoms with E-state index in [0.717, 1.165) is 5.56 Å². The number of piperidine rings is 1. The van der Waals surface area contributed by atoms with E-state index in [1.54, 1.807) is 29.2 Å². The topological polar surface area (TPSA) is 92.8 Å². The number of fused-ring (bicyclic) bond motifs is 1. The van der Waals surface area contributed by atoms with Gasteiger partial charge in [0.2, 0.25) is 5.91 Å². The fraction of sp³-hybridized carbons (Fsp3) is 0.333. The summed E-state index contributed by atoms with van der Waals surface area (Å²) in [4.78, 5) is 50.9. The summed E-state index contributed by atoms with van der Waals surface area (Å²) < 4.78 is 5.23. The molecule has 2 aliphatic heterocycles. The Kier molecular flexibility index (Phi) is 5.44. The molecule has 0 atom stereocenters. The largest absolute Gasteiger partial charge is 0.457 e. The maximum absolute atomic E-state index is 12.4. The molecule has 1 aromatic carbocycles. The number of hydrogen-bond donors (Lipinski definition) is 1. The molecule has 1 saturated heterocycles. The molecule has 150 valence electrons. The van der Waals surface area contributed by atoms with Gasteiger partial charge in [0.15, 0.2) is 12.4 Å². The van der Waals surface area contributed by atoms with E-state index in [2.05, 4.69) is 5.32 Å². The van der Waals surface area contributed by atoms with Crippen LogP contribution in [-0.4, -0.2) is 48.2 Å². The molecule has 0 bridgehead atoms. The molecule has 1 fully saturated rings. The normalized spacial score (nSPS) is 16.3. The van der Waals surface area contributed by atoms with Crippen molar-refractivity contribution in [3.05, 3.63) is 51.7 Å². The van der Waals surface area contributed by atoms with Gasteiger partial charge in [-0.15, -0.1) is 11.3 Å². The van der Waals surface area contributed by atoms with Crippen LogP contribution in [0.4, 0.5) is 5.69 Å². The molecule has 1 aromatic heterocycles. The first-order valence-electron chi connectivity index (χ1n) is 9.46. The Morgan fingerprint density at radius 1 is 1.17 bits per heavy atom. The summed E-state index contributed by atoms with van der Waals surface area (Å²) in [5, 5.41) is 4.58. The van der Waals surface area contributed by atoms with Crippen LogP contribution in [0.1, 0.15) is 38.4 Å². The van der Waals surface area contributed by atoms with Gasteiger partial charge in [-0.3, -0.25) is 19.2 Å². The van der Waals surface area contributed by atoms with E-state index in [-0.39, 0.29) is 36.5 Å². The SMILES string of the molecule is O=C1Cc2cc(C(=O)COC(=O)C3CCN(C(=O)c4cccs4)CC3)ccc2N1. The van der Waals surface area contributed by atoms with Crippen LogP contribution in [0.25, 0.3) is 0 Å². The fourth-order valence-corrected chi connectivity index (χ4v) is 4.31. The monoisotopic (exact) mass is 412 g/mol. The third-order valence-electron chi connectivity index (χ3n) is 5.25. The van der Waals surface area contributed by atoms with Crippen molar-refractivity contribution in [1.29, 1.82) is 0 Å². The average molecular weight is 412 g/mol. The maximum atomic E-state index is 12.4. The van der Waals surface area contributed by atoms with Gasteiger partial charge in [-0.1, -0.05) is 6.07 Å². The van der Waals surface area contributed by atoms with Crippen LogP contribution in [0.2, 0.25) is 0 Å². The first-order valence-corrected chi connectivity index (χ1v) is 10.3. The van der Waals surface area contributed by atoms with Gasteiger partial charge in [0.1, 0.15) is 0 Å². The quantitative estimate of drug-likeness (QED) is 0.602. The summed E-state index contributed by atoms with van der Waals surface area (Å²) in [7, 11) is 0. The summed E-state index contributed by atoms with van der Waals surface area (Å²) in [6.45, 7) is 0.667. The number of Topliss-reactive ketones (excluding diaryl/α,β-unsaturated/α-hetero) is 1. The van der Waals surface area contributed by atoms with E-state index >= 15 is 0 Å². The van der Waals surface area contributed by atoms with Crippen LogP contribution in [0.5, 0.6) is 0 Å². The van der Waals surface area contributed by atoms with Gasteiger partial charge in [-0.2, -0.15) is 0 Å². The van der Waals surface area contributed by atoms with Crippen molar-refractivity contribution < 1.29 is 23.9 Å². The highest BCUT2D eigenvalue weighted by Crippen LogP contribution is 2.25. The lowest BCUT2D eigenvalue weighted by atomic mass is 9.97. The number of thiophene rings is 1. The van der Waals surface area contributed by atoms with Crippen molar-refractivity contribution in [2.24, 2.45) is 5.92 Å². The van der Waals surface area contributed by atoms with Crippen LogP contribution >= 0.6 is 11.3 Å². The van der Waals surface area contributed by atoms with Crippen LogP contribution in [-0.2, 0) is 20.7 Å². The summed E-state index contributed by atoms with van der Waals surface area (Å²) in [6, 6.07) is 8.61. The molecule has 2 aromatic rings. The number of carbonyl (C=O) groups excluding carboxylic acids is 4. The zero-order chi connectivity index (χ0) is 20.4. The van der Waals surface area contributed by atoms with Gasteiger partial charge in [-0.05, 0) is 48.1 Å². The smallest absolute Gasteiger partial charge is 0.309 e. The number of anilines is 1. The predicted molar refractivity (Wildman–Crippen MR) is 107 cm³/mol. The van der Waals surface area contributed by atoms with Crippen LogP contribution in [0, 0.1) is 5.92 Å².